The molecule has 3 unspecified atom stereocenters. The number of nitrogens with zero attached hydrogens (tertiary/aromatic N) is 1. The van der Waals surface area contributed by atoms with E-state index in [0.717, 1.165) is 26.1 Å². The van der Waals surface area contributed by atoms with Crippen LogP contribution in [-0.2, 0) is 4.74 Å². The van der Waals surface area contributed by atoms with Gasteiger partial charge in [0.2, 0.25) is 0 Å². The highest BCUT2D eigenvalue weighted by Gasteiger charge is 2.24. The maximum absolute atomic E-state index is 9.16. The summed E-state index contributed by atoms with van der Waals surface area (Å²) in [6.45, 7) is 6.43. The highest BCUT2D eigenvalue weighted by Crippen LogP contribution is 2.11. The minimum absolute atomic E-state index is 0.0623. The zero-order valence-electron chi connectivity index (χ0n) is 9.02. The molecule has 0 radical (unpaired) electrons. The van der Waals surface area contributed by atoms with E-state index in [1.54, 1.807) is 6.92 Å². The van der Waals surface area contributed by atoms with Crippen LogP contribution in [0.5, 0.6) is 0 Å². The molecular weight excluding hydrogens is 182 g/mol. The van der Waals surface area contributed by atoms with Gasteiger partial charge in [-0.15, -0.1) is 0 Å². The van der Waals surface area contributed by atoms with Crippen molar-refractivity contribution < 1.29 is 14.9 Å². The molecule has 14 heavy (non-hydrogen) atoms. The number of aliphatic hydroxyl groups is 2. The molecule has 0 spiro atoms. The number of ether oxygens (including phenoxy) is 1. The Bertz CT molecular complexity index is 163. The van der Waals surface area contributed by atoms with Gasteiger partial charge in [0.1, 0.15) is 0 Å². The van der Waals surface area contributed by atoms with Crippen LogP contribution < -0.4 is 0 Å². The average Bonchev–Trinajstić information content (AvgIpc) is 2.14. The number of hydrogen-bond donors (Lipinski definition) is 2. The molecule has 3 atom stereocenters. The molecule has 84 valence electrons. The third-order valence-electron chi connectivity index (χ3n) is 2.47. The molecule has 1 rings (SSSR count). The monoisotopic (exact) mass is 203 g/mol. The van der Waals surface area contributed by atoms with Crippen molar-refractivity contribution in [2.45, 2.75) is 38.6 Å². The van der Waals surface area contributed by atoms with Crippen molar-refractivity contribution in [1.82, 2.24) is 4.90 Å². The predicted octanol–water partition coefficient (Wildman–Crippen LogP) is -0.161. The Kier molecular flexibility index (Phi) is 4.81. The van der Waals surface area contributed by atoms with E-state index >= 15 is 0 Å². The van der Waals surface area contributed by atoms with Crippen molar-refractivity contribution in [1.29, 1.82) is 0 Å². The number of rotatable bonds is 4. The van der Waals surface area contributed by atoms with E-state index in [-0.39, 0.29) is 24.9 Å². The van der Waals surface area contributed by atoms with E-state index in [1.165, 1.54) is 0 Å². The summed E-state index contributed by atoms with van der Waals surface area (Å²) >= 11 is 0. The van der Waals surface area contributed by atoms with Crippen LogP contribution in [0.25, 0.3) is 0 Å². The van der Waals surface area contributed by atoms with Gasteiger partial charge in [0.25, 0.3) is 0 Å². The molecule has 1 aliphatic rings. The highest BCUT2D eigenvalue weighted by molar-refractivity contribution is 4.75. The maximum Gasteiger partial charge on any atom is 0.0936 e. The molecule has 1 fully saturated rings. The molecule has 4 nitrogen and oxygen atoms in total. The van der Waals surface area contributed by atoms with Crippen LogP contribution in [0.4, 0.5) is 0 Å². The van der Waals surface area contributed by atoms with Gasteiger partial charge < -0.3 is 14.9 Å². The van der Waals surface area contributed by atoms with E-state index in [0.29, 0.717) is 0 Å². The van der Waals surface area contributed by atoms with E-state index in [2.05, 4.69) is 4.90 Å². The highest BCUT2D eigenvalue weighted by atomic mass is 16.5. The van der Waals surface area contributed by atoms with E-state index in [4.69, 9.17) is 14.9 Å². The van der Waals surface area contributed by atoms with Gasteiger partial charge in [-0.3, -0.25) is 4.90 Å². The molecule has 1 aliphatic heterocycles. The minimum Gasteiger partial charge on any atom is -0.394 e. The lowest BCUT2D eigenvalue weighted by atomic mass is 10.2. The van der Waals surface area contributed by atoms with Gasteiger partial charge in [-0.2, -0.15) is 0 Å². The third-order valence-corrected chi connectivity index (χ3v) is 2.47. The summed E-state index contributed by atoms with van der Waals surface area (Å²) in [7, 11) is 0. The van der Waals surface area contributed by atoms with Crippen molar-refractivity contribution in [3.63, 3.8) is 0 Å². The van der Waals surface area contributed by atoms with Crippen molar-refractivity contribution in [2.24, 2.45) is 0 Å². The summed E-state index contributed by atoms with van der Waals surface area (Å²) in [4.78, 5) is 2.24. The minimum atomic E-state index is -0.249. The van der Waals surface area contributed by atoms with E-state index in [9.17, 15) is 0 Å². The summed E-state index contributed by atoms with van der Waals surface area (Å²) in [5.74, 6) is 0. The molecule has 0 amide bonds. The van der Waals surface area contributed by atoms with E-state index in [1.807, 2.05) is 6.92 Å². The number of morpholine rings is 1. The average molecular weight is 203 g/mol. The molecule has 1 saturated heterocycles. The van der Waals surface area contributed by atoms with Crippen molar-refractivity contribution in [3.8, 4) is 0 Å². The zero-order chi connectivity index (χ0) is 10.6. The third kappa shape index (κ3) is 3.92. The Morgan fingerprint density at radius 3 is 2.79 bits per heavy atom. The first-order chi connectivity index (χ1) is 6.61. The SMILES string of the molecule is CC(O)CCN1CC(C)OC(CO)C1. The number of aliphatic hydroxyl groups excluding tert-OH is 2. The molecule has 0 aromatic rings. The molecule has 0 bridgehead atoms. The Morgan fingerprint density at radius 2 is 2.21 bits per heavy atom. The lowest BCUT2D eigenvalue weighted by molar-refractivity contribution is -0.0964. The second-order valence-electron chi connectivity index (χ2n) is 4.15. The summed E-state index contributed by atoms with van der Waals surface area (Å²) in [5, 5.41) is 18.2. The Hall–Kier alpha value is -0.160. The Labute approximate surface area is 85.5 Å². The van der Waals surface area contributed by atoms with Gasteiger partial charge >= 0.3 is 0 Å². The summed E-state index contributed by atoms with van der Waals surface area (Å²) in [6.07, 6.45) is 0.647. The summed E-state index contributed by atoms with van der Waals surface area (Å²) in [5.41, 5.74) is 0. The van der Waals surface area contributed by atoms with Crippen LogP contribution in [0.2, 0.25) is 0 Å². The lowest BCUT2D eigenvalue weighted by Gasteiger charge is -2.36. The van der Waals surface area contributed by atoms with Gasteiger partial charge in [-0.1, -0.05) is 0 Å². The standard InChI is InChI=1S/C10H21NO3/c1-8(13)3-4-11-5-9(2)14-10(6-11)7-12/h8-10,12-13H,3-7H2,1-2H3. The first-order valence-corrected chi connectivity index (χ1v) is 5.28. The van der Waals surface area contributed by atoms with Crippen LogP contribution in [-0.4, -0.2) is 59.7 Å². The fourth-order valence-corrected chi connectivity index (χ4v) is 1.79. The largest absolute Gasteiger partial charge is 0.394 e. The first-order valence-electron chi connectivity index (χ1n) is 5.28. The van der Waals surface area contributed by atoms with E-state index < -0.39 is 0 Å². The van der Waals surface area contributed by atoms with Crippen molar-refractivity contribution in [2.75, 3.05) is 26.2 Å². The second-order valence-corrected chi connectivity index (χ2v) is 4.15. The van der Waals surface area contributed by atoms with Crippen LogP contribution >= 0.6 is 0 Å². The Morgan fingerprint density at radius 1 is 1.50 bits per heavy atom. The van der Waals surface area contributed by atoms with Crippen LogP contribution in [0.1, 0.15) is 20.3 Å². The summed E-state index contributed by atoms with van der Waals surface area (Å²) < 4.78 is 5.52. The van der Waals surface area contributed by atoms with Gasteiger partial charge in [0, 0.05) is 19.6 Å². The normalized spacial score (nSPS) is 31.7. The fraction of sp³-hybridized carbons (Fsp3) is 1.00. The molecule has 0 aromatic heterocycles. The van der Waals surface area contributed by atoms with Crippen LogP contribution in [0.15, 0.2) is 0 Å². The smallest absolute Gasteiger partial charge is 0.0936 e. The maximum atomic E-state index is 9.16. The Balaban J connectivity index is 2.30. The topological polar surface area (TPSA) is 52.9 Å². The molecule has 0 aromatic carbocycles. The lowest BCUT2D eigenvalue weighted by Crippen LogP contribution is -2.48. The molecular formula is C10H21NO3. The van der Waals surface area contributed by atoms with Crippen LogP contribution in [0, 0.1) is 0 Å². The summed E-state index contributed by atoms with van der Waals surface area (Å²) in [6, 6.07) is 0. The second kappa shape index (κ2) is 5.66. The zero-order valence-corrected chi connectivity index (χ0v) is 9.02. The molecule has 0 saturated carbocycles. The molecule has 2 N–H and O–H groups in total. The quantitative estimate of drug-likeness (QED) is 0.666. The predicted molar refractivity (Wildman–Crippen MR) is 54.2 cm³/mol. The number of hydrogen-bond acceptors (Lipinski definition) is 4. The first kappa shape index (κ1) is 11.9. The molecule has 1 heterocycles. The van der Waals surface area contributed by atoms with Gasteiger partial charge in [0.05, 0.1) is 24.9 Å². The molecule has 0 aliphatic carbocycles. The van der Waals surface area contributed by atoms with Crippen molar-refractivity contribution >= 4 is 0 Å². The van der Waals surface area contributed by atoms with Crippen LogP contribution in [0.3, 0.4) is 0 Å². The molecule has 4 heteroatoms. The fourth-order valence-electron chi connectivity index (χ4n) is 1.79. The van der Waals surface area contributed by atoms with Crippen molar-refractivity contribution in [3.05, 3.63) is 0 Å². The van der Waals surface area contributed by atoms with Gasteiger partial charge in [0.15, 0.2) is 0 Å². The van der Waals surface area contributed by atoms with Gasteiger partial charge in [-0.05, 0) is 20.3 Å². The van der Waals surface area contributed by atoms with Gasteiger partial charge in [-0.25, -0.2) is 0 Å².